The molecule has 1 saturated carbocycles. The van der Waals surface area contributed by atoms with Crippen molar-refractivity contribution < 1.29 is 9.60 Å². The van der Waals surface area contributed by atoms with Crippen LogP contribution in [0.1, 0.15) is 43.7 Å². The van der Waals surface area contributed by atoms with E-state index < -0.39 is 0 Å². The quantitative estimate of drug-likeness (QED) is 0.324. The molecule has 0 unspecified atom stereocenters. The maximum atomic E-state index is 13.3. The van der Waals surface area contributed by atoms with Crippen LogP contribution < -0.4 is 11.1 Å². The van der Waals surface area contributed by atoms with Crippen molar-refractivity contribution in [2.75, 3.05) is 6.54 Å². The monoisotopic (exact) mass is 279 g/mol. The van der Waals surface area contributed by atoms with Gasteiger partial charge in [-0.05, 0) is 42.4 Å². The van der Waals surface area contributed by atoms with E-state index in [1.54, 1.807) is 6.07 Å². The topological polar surface area (TPSA) is 70.6 Å². The zero-order valence-corrected chi connectivity index (χ0v) is 11.8. The van der Waals surface area contributed by atoms with E-state index >= 15 is 0 Å². The van der Waals surface area contributed by atoms with E-state index in [-0.39, 0.29) is 11.7 Å². The molecule has 0 saturated heterocycles. The van der Waals surface area contributed by atoms with Gasteiger partial charge in [0.2, 0.25) is 0 Å². The molecular formula is C15H22FN3O. The molecule has 1 fully saturated rings. The lowest BCUT2D eigenvalue weighted by Gasteiger charge is -2.41. The van der Waals surface area contributed by atoms with Crippen LogP contribution in [0.25, 0.3) is 0 Å². The van der Waals surface area contributed by atoms with Gasteiger partial charge in [-0.1, -0.05) is 24.6 Å². The SMILES string of the molecule is CCC1(CNCc2ccc(F)cc2/C(N)=N/O)CCC1. The van der Waals surface area contributed by atoms with Gasteiger partial charge >= 0.3 is 0 Å². The molecule has 5 heteroatoms. The van der Waals surface area contributed by atoms with Crippen molar-refractivity contribution in [3.8, 4) is 0 Å². The molecule has 1 aromatic rings. The Balaban J connectivity index is 2.02. The number of halogens is 1. The van der Waals surface area contributed by atoms with Gasteiger partial charge in [0.15, 0.2) is 5.84 Å². The molecular weight excluding hydrogens is 257 g/mol. The fourth-order valence-corrected chi connectivity index (χ4v) is 2.79. The number of hydrogen-bond donors (Lipinski definition) is 3. The first-order chi connectivity index (χ1) is 9.60. The molecule has 0 radical (unpaired) electrons. The highest BCUT2D eigenvalue weighted by Gasteiger charge is 2.34. The Hall–Kier alpha value is -1.62. The number of nitrogens with one attached hydrogen (secondary N) is 1. The maximum Gasteiger partial charge on any atom is 0.170 e. The second-order valence-electron chi connectivity index (χ2n) is 5.60. The van der Waals surface area contributed by atoms with Gasteiger partial charge < -0.3 is 16.3 Å². The summed E-state index contributed by atoms with van der Waals surface area (Å²) >= 11 is 0. The molecule has 4 N–H and O–H groups in total. The van der Waals surface area contributed by atoms with Crippen molar-refractivity contribution in [3.63, 3.8) is 0 Å². The third-order valence-corrected chi connectivity index (χ3v) is 4.44. The van der Waals surface area contributed by atoms with Gasteiger partial charge in [-0.2, -0.15) is 0 Å². The van der Waals surface area contributed by atoms with E-state index in [1.165, 1.54) is 37.8 Å². The van der Waals surface area contributed by atoms with Crippen LogP contribution in [-0.4, -0.2) is 17.6 Å². The molecule has 0 amide bonds. The van der Waals surface area contributed by atoms with E-state index in [0.717, 1.165) is 12.1 Å². The molecule has 20 heavy (non-hydrogen) atoms. The normalized spacial score (nSPS) is 17.8. The fraction of sp³-hybridized carbons (Fsp3) is 0.533. The van der Waals surface area contributed by atoms with Gasteiger partial charge in [0.25, 0.3) is 0 Å². The summed E-state index contributed by atoms with van der Waals surface area (Å²) in [5.74, 6) is -0.450. The number of hydrogen-bond acceptors (Lipinski definition) is 3. The Bertz CT molecular complexity index is 492. The highest BCUT2D eigenvalue weighted by atomic mass is 19.1. The van der Waals surface area contributed by atoms with Crippen LogP contribution >= 0.6 is 0 Å². The third-order valence-electron chi connectivity index (χ3n) is 4.44. The average molecular weight is 279 g/mol. The first kappa shape index (κ1) is 14.8. The number of rotatable bonds is 6. The molecule has 1 aromatic carbocycles. The first-order valence-electron chi connectivity index (χ1n) is 7.07. The lowest BCUT2D eigenvalue weighted by Crippen LogP contribution is -2.39. The standard InChI is InChI=1S/C15H22FN3O/c1-2-15(6-3-7-15)10-18-9-11-4-5-12(16)8-13(11)14(17)19-20/h4-5,8,18,20H,2-3,6-7,9-10H2,1H3,(H2,17,19). The van der Waals surface area contributed by atoms with Crippen LogP contribution in [0, 0.1) is 11.2 Å². The molecule has 0 atom stereocenters. The van der Waals surface area contributed by atoms with Crippen LogP contribution in [0.4, 0.5) is 4.39 Å². The highest BCUT2D eigenvalue weighted by Crippen LogP contribution is 2.43. The largest absolute Gasteiger partial charge is 0.409 e. The van der Waals surface area contributed by atoms with Crippen molar-refractivity contribution in [1.82, 2.24) is 5.32 Å². The lowest BCUT2D eigenvalue weighted by molar-refractivity contribution is 0.124. The molecule has 1 aliphatic rings. The molecule has 2 rings (SSSR count). The number of amidine groups is 1. The molecule has 0 spiro atoms. The summed E-state index contributed by atoms with van der Waals surface area (Å²) in [4.78, 5) is 0. The molecule has 0 heterocycles. The number of nitrogens with zero attached hydrogens (tertiary/aromatic N) is 1. The Kier molecular flexibility index (Phi) is 4.60. The summed E-state index contributed by atoms with van der Waals surface area (Å²) in [6.07, 6.45) is 5.03. The second-order valence-corrected chi connectivity index (χ2v) is 5.60. The summed E-state index contributed by atoms with van der Waals surface area (Å²) in [7, 11) is 0. The minimum atomic E-state index is -0.389. The fourth-order valence-electron chi connectivity index (χ4n) is 2.79. The van der Waals surface area contributed by atoms with E-state index in [0.29, 0.717) is 17.5 Å². The number of benzene rings is 1. The summed E-state index contributed by atoms with van der Waals surface area (Å²) in [5.41, 5.74) is 7.30. The van der Waals surface area contributed by atoms with Crippen molar-refractivity contribution >= 4 is 5.84 Å². The average Bonchev–Trinajstić information content (AvgIpc) is 2.42. The number of nitrogens with two attached hydrogens (primary N) is 1. The van der Waals surface area contributed by atoms with Crippen LogP contribution in [0.5, 0.6) is 0 Å². The smallest absolute Gasteiger partial charge is 0.170 e. The Labute approximate surface area is 118 Å². The van der Waals surface area contributed by atoms with Crippen molar-refractivity contribution in [2.45, 2.75) is 39.2 Å². The van der Waals surface area contributed by atoms with Crippen LogP contribution in [0.15, 0.2) is 23.4 Å². The van der Waals surface area contributed by atoms with Gasteiger partial charge in [0, 0.05) is 18.7 Å². The van der Waals surface area contributed by atoms with E-state index in [9.17, 15) is 4.39 Å². The lowest BCUT2D eigenvalue weighted by atomic mass is 9.67. The molecule has 1 aliphatic carbocycles. The highest BCUT2D eigenvalue weighted by molar-refractivity contribution is 5.98. The zero-order chi connectivity index (χ0) is 14.6. The molecule has 4 nitrogen and oxygen atoms in total. The zero-order valence-electron chi connectivity index (χ0n) is 11.8. The number of oxime groups is 1. The van der Waals surface area contributed by atoms with Gasteiger partial charge in [-0.3, -0.25) is 0 Å². The Morgan fingerprint density at radius 2 is 2.25 bits per heavy atom. The Morgan fingerprint density at radius 1 is 1.50 bits per heavy atom. The van der Waals surface area contributed by atoms with E-state index in [1.807, 2.05) is 0 Å². The van der Waals surface area contributed by atoms with Gasteiger partial charge in [0.1, 0.15) is 5.82 Å². The molecule has 110 valence electrons. The third kappa shape index (κ3) is 3.10. The van der Waals surface area contributed by atoms with Gasteiger partial charge in [0.05, 0.1) is 0 Å². The van der Waals surface area contributed by atoms with Crippen molar-refractivity contribution in [1.29, 1.82) is 0 Å². The molecule has 0 bridgehead atoms. The predicted octanol–water partition coefficient (Wildman–Crippen LogP) is 2.59. The Morgan fingerprint density at radius 3 is 2.80 bits per heavy atom. The van der Waals surface area contributed by atoms with Crippen LogP contribution in [0.2, 0.25) is 0 Å². The molecule has 0 aromatic heterocycles. The second kappa shape index (κ2) is 6.22. The summed E-state index contributed by atoms with van der Waals surface area (Å²) in [5, 5.41) is 15.1. The van der Waals surface area contributed by atoms with Crippen LogP contribution in [-0.2, 0) is 6.54 Å². The maximum absolute atomic E-state index is 13.3. The van der Waals surface area contributed by atoms with Gasteiger partial charge in [-0.15, -0.1) is 0 Å². The van der Waals surface area contributed by atoms with Crippen LogP contribution in [0.3, 0.4) is 0 Å². The molecule has 0 aliphatic heterocycles. The van der Waals surface area contributed by atoms with Crippen molar-refractivity contribution in [3.05, 3.63) is 35.1 Å². The predicted molar refractivity (Wildman–Crippen MR) is 77.2 cm³/mol. The minimum absolute atomic E-state index is 0.0600. The van der Waals surface area contributed by atoms with E-state index in [4.69, 9.17) is 10.9 Å². The first-order valence-corrected chi connectivity index (χ1v) is 7.07. The summed E-state index contributed by atoms with van der Waals surface area (Å²) < 4.78 is 13.3. The summed E-state index contributed by atoms with van der Waals surface area (Å²) in [6.45, 7) is 3.77. The minimum Gasteiger partial charge on any atom is -0.409 e. The van der Waals surface area contributed by atoms with E-state index in [2.05, 4.69) is 17.4 Å². The summed E-state index contributed by atoms with van der Waals surface area (Å²) in [6, 6.07) is 4.37. The van der Waals surface area contributed by atoms with Gasteiger partial charge in [-0.25, -0.2) is 4.39 Å². The van der Waals surface area contributed by atoms with Crippen molar-refractivity contribution in [2.24, 2.45) is 16.3 Å².